The van der Waals surface area contributed by atoms with Crippen LogP contribution < -0.4 is 33.2 Å². The SMILES string of the molecule is CC(C)CC(NC(=O)C(Cc1ccc(O)cc1)NC(=O)C(N)CC(N)=O)C(=O)NC(CCCCN)C(=O)O. The summed E-state index contributed by atoms with van der Waals surface area (Å²) in [4.78, 5) is 61.7. The Bertz CT molecular complexity index is 954. The van der Waals surface area contributed by atoms with Crippen LogP contribution in [0.1, 0.15) is 51.5 Å². The summed E-state index contributed by atoms with van der Waals surface area (Å²) in [5.74, 6) is -4.21. The van der Waals surface area contributed by atoms with E-state index < -0.39 is 60.2 Å². The van der Waals surface area contributed by atoms with Gasteiger partial charge in [-0.05, 0) is 55.8 Å². The van der Waals surface area contributed by atoms with Crippen molar-refractivity contribution < 1.29 is 34.2 Å². The number of carboxylic acid groups (broad SMARTS) is 1. The van der Waals surface area contributed by atoms with Crippen molar-refractivity contribution in [1.82, 2.24) is 16.0 Å². The molecule has 11 N–H and O–H groups in total. The van der Waals surface area contributed by atoms with Crippen molar-refractivity contribution in [3.05, 3.63) is 29.8 Å². The monoisotopic (exact) mass is 536 g/mol. The normalized spacial score (nSPS) is 14.1. The van der Waals surface area contributed by atoms with Gasteiger partial charge >= 0.3 is 5.97 Å². The van der Waals surface area contributed by atoms with Crippen LogP contribution in [0.3, 0.4) is 0 Å². The van der Waals surface area contributed by atoms with E-state index in [9.17, 15) is 34.2 Å². The quantitative estimate of drug-likeness (QED) is 0.112. The number of hydrogen-bond acceptors (Lipinski definition) is 8. The fourth-order valence-electron chi connectivity index (χ4n) is 3.66. The molecule has 0 spiro atoms. The van der Waals surface area contributed by atoms with Crippen LogP contribution in [0.15, 0.2) is 24.3 Å². The van der Waals surface area contributed by atoms with Gasteiger partial charge in [-0.25, -0.2) is 4.79 Å². The van der Waals surface area contributed by atoms with E-state index in [0.29, 0.717) is 24.9 Å². The van der Waals surface area contributed by atoms with Crippen LogP contribution in [0.25, 0.3) is 0 Å². The number of nitrogens with one attached hydrogen (secondary N) is 3. The van der Waals surface area contributed by atoms with Gasteiger partial charge in [0.05, 0.1) is 12.5 Å². The van der Waals surface area contributed by atoms with Crippen LogP contribution in [0.2, 0.25) is 0 Å². The average Bonchev–Trinajstić information content (AvgIpc) is 2.82. The minimum absolute atomic E-state index is 0.00961. The number of nitrogens with two attached hydrogens (primary N) is 3. The second-order valence-corrected chi connectivity index (χ2v) is 9.58. The summed E-state index contributed by atoms with van der Waals surface area (Å²) in [5, 5.41) is 26.6. The van der Waals surface area contributed by atoms with E-state index in [1.165, 1.54) is 12.1 Å². The van der Waals surface area contributed by atoms with Crippen LogP contribution in [-0.4, -0.2) is 70.5 Å². The third-order valence-electron chi connectivity index (χ3n) is 5.67. The number of rotatable bonds is 17. The Morgan fingerprint density at radius 2 is 1.42 bits per heavy atom. The highest BCUT2D eigenvalue weighted by atomic mass is 16.4. The van der Waals surface area contributed by atoms with Crippen LogP contribution >= 0.6 is 0 Å². The average molecular weight is 537 g/mol. The van der Waals surface area contributed by atoms with E-state index in [2.05, 4.69) is 16.0 Å². The lowest BCUT2D eigenvalue weighted by atomic mass is 10.00. The lowest BCUT2D eigenvalue weighted by molar-refractivity contribution is -0.142. The number of amides is 4. The lowest BCUT2D eigenvalue weighted by Gasteiger charge is -2.26. The first-order valence-electron chi connectivity index (χ1n) is 12.5. The molecular formula is C25H40N6O7. The number of phenolic OH excluding ortho intramolecular Hbond substituents is 1. The molecule has 0 bridgehead atoms. The molecule has 0 aliphatic carbocycles. The molecule has 0 aromatic heterocycles. The highest BCUT2D eigenvalue weighted by molar-refractivity contribution is 5.95. The minimum atomic E-state index is -1.29. The molecule has 0 aliphatic rings. The van der Waals surface area contributed by atoms with Crippen molar-refractivity contribution >= 4 is 29.6 Å². The third-order valence-corrected chi connectivity index (χ3v) is 5.67. The Morgan fingerprint density at radius 1 is 0.868 bits per heavy atom. The zero-order chi connectivity index (χ0) is 28.8. The minimum Gasteiger partial charge on any atom is -0.508 e. The van der Waals surface area contributed by atoms with Crippen molar-refractivity contribution in [2.24, 2.45) is 23.1 Å². The molecule has 0 fully saturated rings. The first-order chi connectivity index (χ1) is 17.8. The maximum atomic E-state index is 13.3. The Kier molecular flexibility index (Phi) is 13.8. The van der Waals surface area contributed by atoms with Gasteiger partial charge in [0.1, 0.15) is 23.9 Å². The van der Waals surface area contributed by atoms with Gasteiger partial charge < -0.3 is 43.4 Å². The summed E-state index contributed by atoms with van der Waals surface area (Å²) >= 11 is 0. The number of phenols is 1. The van der Waals surface area contributed by atoms with Crippen molar-refractivity contribution in [1.29, 1.82) is 0 Å². The van der Waals surface area contributed by atoms with Gasteiger partial charge in [-0.1, -0.05) is 26.0 Å². The van der Waals surface area contributed by atoms with Crippen molar-refractivity contribution in [2.75, 3.05) is 6.54 Å². The van der Waals surface area contributed by atoms with Gasteiger partial charge in [-0.2, -0.15) is 0 Å². The second-order valence-electron chi connectivity index (χ2n) is 9.58. The molecule has 0 saturated heterocycles. The maximum absolute atomic E-state index is 13.3. The molecule has 1 rings (SSSR count). The number of aliphatic carboxylic acids is 1. The molecule has 13 heteroatoms. The summed E-state index contributed by atoms with van der Waals surface area (Å²) in [7, 11) is 0. The first kappa shape index (κ1) is 32.3. The fraction of sp³-hybridized carbons (Fsp3) is 0.560. The van der Waals surface area contributed by atoms with E-state index in [1.807, 2.05) is 13.8 Å². The van der Waals surface area contributed by atoms with Gasteiger partial charge in [0.15, 0.2) is 0 Å². The van der Waals surface area contributed by atoms with E-state index in [4.69, 9.17) is 17.2 Å². The van der Waals surface area contributed by atoms with E-state index >= 15 is 0 Å². The summed E-state index contributed by atoms with van der Waals surface area (Å²) in [6.45, 7) is 4.06. The number of hydrogen-bond donors (Lipinski definition) is 8. The fourth-order valence-corrected chi connectivity index (χ4v) is 3.66. The topological polar surface area (TPSA) is 240 Å². The molecule has 0 aliphatic heterocycles. The molecule has 4 atom stereocenters. The molecule has 0 heterocycles. The van der Waals surface area contributed by atoms with Crippen LogP contribution in [0.4, 0.5) is 0 Å². The summed E-state index contributed by atoms with van der Waals surface area (Å²) in [5.41, 5.74) is 16.9. The number of primary amides is 1. The van der Waals surface area contributed by atoms with Crippen LogP contribution in [0, 0.1) is 5.92 Å². The Hall–Kier alpha value is -3.71. The van der Waals surface area contributed by atoms with E-state index in [0.717, 1.165) is 0 Å². The van der Waals surface area contributed by atoms with Crippen molar-refractivity contribution in [3.63, 3.8) is 0 Å². The Labute approximate surface area is 221 Å². The standard InChI is InChI=1S/C25H40N6O7/c1-14(2)11-19(23(35)29-18(25(37)38)5-3-4-10-26)31-24(36)20(12-15-6-8-16(32)9-7-15)30-22(34)17(27)13-21(28)33/h6-9,14,17-20,32H,3-5,10-13,26-27H2,1-2H3,(H2,28,33)(H,29,35)(H,30,34)(H,31,36)(H,37,38). The van der Waals surface area contributed by atoms with Gasteiger partial charge in [0, 0.05) is 6.42 Å². The molecule has 4 unspecified atom stereocenters. The molecular weight excluding hydrogens is 496 g/mol. The molecule has 0 saturated carbocycles. The molecule has 212 valence electrons. The number of aromatic hydroxyl groups is 1. The second kappa shape index (κ2) is 16.2. The highest BCUT2D eigenvalue weighted by Crippen LogP contribution is 2.13. The molecule has 38 heavy (non-hydrogen) atoms. The number of benzene rings is 1. The van der Waals surface area contributed by atoms with E-state index in [-0.39, 0.29) is 30.9 Å². The number of carbonyl (C=O) groups excluding carboxylic acids is 4. The van der Waals surface area contributed by atoms with Gasteiger partial charge in [-0.3, -0.25) is 19.2 Å². The maximum Gasteiger partial charge on any atom is 0.326 e. The number of carbonyl (C=O) groups is 5. The van der Waals surface area contributed by atoms with Crippen molar-refractivity contribution in [2.45, 2.75) is 76.5 Å². The molecule has 0 radical (unpaired) electrons. The molecule has 4 amide bonds. The number of carboxylic acids is 1. The zero-order valence-corrected chi connectivity index (χ0v) is 21.8. The molecule has 1 aromatic rings. The summed E-state index contributed by atoms with van der Waals surface area (Å²) in [6.07, 6.45) is 1.03. The van der Waals surface area contributed by atoms with Crippen molar-refractivity contribution in [3.8, 4) is 5.75 Å². The van der Waals surface area contributed by atoms with Crippen LogP contribution in [-0.2, 0) is 30.4 Å². The smallest absolute Gasteiger partial charge is 0.326 e. The Morgan fingerprint density at radius 3 is 1.95 bits per heavy atom. The zero-order valence-electron chi connectivity index (χ0n) is 21.8. The van der Waals surface area contributed by atoms with Gasteiger partial charge in [0.25, 0.3) is 0 Å². The van der Waals surface area contributed by atoms with E-state index in [1.54, 1.807) is 12.1 Å². The predicted octanol–water partition coefficient (Wildman–Crippen LogP) is -1.15. The number of unbranched alkanes of at least 4 members (excludes halogenated alkanes) is 1. The predicted molar refractivity (Wildman–Crippen MR) is 139 cm³/mol. The Balaban J connectivity index is 3.11. The first-order valence-corrected chi connectivity index (χ1v) is 12.5. The summed E-state index contributed by atoms with van der Waals surface area (Å²) in [6, 6.07) is 1.21. The van der Waals surface area contributed by atoms with Gasteiger partial charge in [0.2, 0.25) is 23.6 Å². The third kappa shape index (κ3) is 12.0. The summed E-state index contributed by atoms with van der Waals surface area (Å²) < 4.78 is 0. The molecule has 13 nitrogen and oxygen atoms in total. The lowest BCUT2D eigenvalue weighted by Crippen LogP contribution is -2.58. The van der Waals surface area contributed by atoms with Crippen LogP contribution in [0.5, 0.6) is 5.75 Å². The van der Waals surface area contributed by atoms with Gasteiger partial charge in [-0.15, -0.1) is 0 Å². The largest absolute Gasteiger partial charge is 0.508 e. The molecule has 1 aromatic carbocycles. The highest BCUT2D eigenvalue weighted by Gasteiger charge is 2.31.